The summed E-state index contributed by atoms with van der Waals surface area (Å²) in [5.41, 5.74) is 9.75. The van der Waals surface area contributed by atoms with Crippen LogP contribution in [0.3, 0.4) is 0 Å². The zero-order chi connectivity index (χ0) is 21.5. The number of imidazole rings is 2. The van der Waals surface area contributed by atoms with E-state index in [1.165, 1.54) is 6.26 Å². The minimum absolute atomic E-state index is 0.0884. The van der Waals surface area contributed by atoms with Gasteiger partial charge in [-0.2, -0.15) is 0 Å². The first-order chi connectivity index (χ1) is 14.3. The Morgan fingerprint density at radius 3 is 2.63 bits per heavy atom. The highest BCUT2D eigenvalue weighted by atomic mass is 32.2. The molecule has 30 heavy (non-hydrogen) atoms. The molecule has 0 unspecified atom stereocenters. The number of nitrogens with zero attached hydrogens (tertiary/aromatic N) is 5. The van der Waals surface area contributed by atoms with Crippen LogP contribution in [0, 0.1) is 0 Å². The first-order valence-corrected chi connectivity index (χ1v) is 11.7. The van der Waals surface area contributed by atoms with Gasteiger partial charge in [-0.25, -0.2) is 18.2 Å². The highest BCUT2D eigenvalue weighted by Gasteiger charge is 2.17. The largest absolute Gasteiger partial charge is 0.329 e. The number of fused-ring (bicyclic) bond motifs is 2. The molecule has 0 aliphatic rings. The molecular formula is C20H24N6O3S. The predicted octanol–water partition coefficient (Wildman–Crippen LogP) is 1.03. The molecule has 1 aromatic carbocycles. The second kappa shape index (κ2) is 7.69. The van der Waals surface area contributed by atoms with E-state index < -0.39 is 9.84 Å². The molecule has 4 aromatic rings. The topological polar surface area (TPSA) is 118 Å². The van der Waals surface area contributed by atoms with Crippen molar-refractivity contribution in [2.45, 2.75) is 26.1 Å². The van der Waals surface area contributed by atoms with E-state index in [9.17, 15) is 13.2 Å². The van der Waals surface area contributed by atoms with Gasteiger partial charge in [0.25, 0.3) is 0 Å². The van der Waals surface area contributed by atoms with Crippen LogP contribution in [0.4, 0.5) is 0 Å². The minimum atomic E-state index is -3.06. The average Bonchev–Trinajstić information content (AvgIpc) is 3.17. The van der Waals surface area contributed by atoms with Gasteiger partial charge in [0, 0.05) is 32.6 Å². The Labute approximate surface area is 173 Å². The Bertz CT molecular complexity index is 1400. The van der Waals surface area contributed by atoms with E-state index in [4.69, 9.17) is 10.7 Å². The SMILES string of the molecule is Cn1c(=O)n(Cc2nc3cc(CN)ccc3n2CCCS(C)(=O)=O)c2cnccc21. The first kappa shape index (κ1) is 20.3. The Balaban J connectivity index is 1.80. The summed E-state index contributed by atoms with van der Waals surface area (Å²) in [5, 5.41) is 0. The molecule has 0 saturated heterocycles. The van der Waals surface area contributed by atoms with Crippen molar-refractivity contribution in [3.8, 4) is 0 Å². The fourth-order valence-corrected chi connectivity index (χ4v) is 4.41. The van der Waals surface area contributed by atoms with Gasteiger partial charge >= 0.3 is 5.69 Å². The number of aromatic nitrogens is 5. The van der Waals surface area contributed by atoms with Crippen molar-refractivity contribution in [3.05, 3.63) is 58.5 Å². The van der Waals surface area contributed by atoms with Crippen LogP contribution in [0.15, 0.2) is 41.5 Å². The number of benzene rings is 1. The van der Waals surface area contributed by atoms with E-state index in [0.717, 1.165) is 27.6 Å². The third kappa shape index (κ3) is 3.75. The fourth-order valence-electron chi connectivity index (χ4n) is 3.76. The number of rotatable bonds is 7. The van der Waals surface area contributed by atoms with Crippen LogP contribution >= 0.6 is 0 Å². The van der Waals surface area contributed by atoms with E-state index >= 15 is 0 Å². The highest BCUT2D eigenvalue weighted by molar-refractivity contribution is 7.90. The van der Waals surface area contributed by atoms with Crippen molar-refractivity contribution >= 4 is 31.9 Å². The van der Waals surface area contributed by atoms with Crippen molar-refractivity contribution in [2.75, 3.05) is 12.0 Å². The molecule has 0 fully saturated rings. The molecule has 3 aromatic heterocycles. The molecule has 4 rings (SSSR count). The van der Waals surface area contributed by atoms with Gasteiger partial charge in [0.2, 0.25) is 0 Å². The second-order valence-electron chi connectivity index (χ2n) is 7.48. The Morgan fingerprint density at radius 2 is 1.90 bits per heavy atom. The maximum Gasteiger partial charge on any atom is 0.329 e. The number of aryl methyl sites for hydroxylation is 2. The summed E-state index contributed by atoms with van der Waals surface area (Å²) in [6.07, 6.45) is 5.01. The van der Waals surface area contributed by atoms with Crippen LogP contribution in [0.1, 0.15) is 17.8 Å². The lowest BCUT2D eigenvalue weighted by atomic mass is 10.2. The molecule has 0 bridgehead atoms. The molecule has 0 amide bonds. The number of nitrogens with two attached hydrogens (primary N) is 1. The maximum absolute atomic E-state index is 12.8. The van der Waals surface area contributed by atoms with Gasteiger partial charge in [0.05, 0.1) is 40.6 Å². The number of pyridine rings is 1. The molecule has 3 heterocycles. The van der Waals surface area contributed by atoms with Crippen molar-refractivity contribution in [3.63, 3.8) is 0 Å². The number of hydrogen-bond donors (Lipinski definition) is 1. The lowest BCUT2D eigenvalue weighted by Crippen LogP contribution is -2.24. The Morgan fingerprint density at radius 1 is 1.10 bits per heavy atom. The van der Waals surface area contributed by atoms with E-state index in [1.807, 2.05) is 22.8 Å². The summed E-state index contributed by atoms with van der Waals surface area (Å²) in [4.78, 5) is 21.7. The van der Waals surface area contributed by atoms with Gasteiger partial charge in [-0.3, -0.25) is 14.1 Å². The summed E-state index contributed by atoms with van der Waals surface area (Å²) in [6, 6.07) is 7.62. The summed E-state index contributed by atoms with van der Waals surface area (Å²) in [6.45, 7) is 1.15. The maximum atomic E-state index is 12.8. The van der Waals surface area contributed by atoms with Gasteiger partial charge in [0.15, 0.2) is 0 Å². The van der Waals surface area contributed by atoms with Crippen LogP contribution in [-0.4, -0.2) is 44.1 Å². The summed E-state index contributed by atoms with van der Waals surface area (Å²) in [5.74, 6) is 0.775. The summed E-state index contributed by atoms with van der Waals surface area (Å²) in [7, 11) is -1.34. The fraction of sp³-hybridized carbons (Fsp3) is 0.350. The first-order valence-electron chi connectivity index (χ1n) is 9.63. The van der Waals surface area contributed by atoms with Gasteiger partial charge in [-0.15, -0.1) is 0 Å². The van der Waals surface area contributed by atoms with Crippen molar-refractivity contribution < 1.29 is 8.42 Å². The molecule has 2 N–H and O–H groups in total. The molecule has 9 nitrogen and oxygen atoms in total. The van der Waals surface area contributed by atoms with E-state index in [1.54, 1.807) is 34.6 Å². The summed E-state index contributed by atoms with van der Waals surface area (Å²) >= 11 is 0. The van der Waals surface area contributed by atoms with Crippen molar-refractivity contribution in [1.29, 1.82) is 0 Å². The monoisotopic (exact) mass is 428 g/mol. The Hall–Kier alpha value is -2.98. The third-order valence-electron chi connectivity index (χ3n) is 5.27. The predicted molar refractivity (Wildman–Crippen MR) is 116 cm³/mol. The van der Waals surface area contributed by atoms with Crippen LogP contribution in [0.2, 0.25) is 0 Å². The lowest BCUT2D eigenvalue weighted by Gasteiger charge is -2.10. The minimum Gasteiger partial charge on any atom is -0.326 e. The highest BCUT2D eigenvalue weighted by Crippen LogP contribution is 2.21. The summed E-state index contributed by atoms with van der Waals surface area (Å²) < 4.78 is 28.4. The van der Waals surface area contributed by atoms with Gasteiger partial charge in [-0.1, -0.05) is 6.07 Å². The van der Waals surface area contributed by atoms with Crippen LogP contribution in [0.5, 0.6) is 0 Å². The van der Waals surface area contributed by atoms with Crippen LogP contribution in [-0.2, 0) is 36.5 Å². The van der Waals surface area contributed by atoms with Crippen molar-refractivity contribution in [2.24, 2.45) is 12.8 Å². The molecule has 0 spiro atoms. The molecule has 0 aliphatic heterocycles. The number of hydrogen-bond acceptors (Lipinski definition) is 6. The average molecular weight is 429 g/mol. The zero-order valence-electron chi connectivity index (χ0n) is 16.9. The molecule has 10 heteroatoms. The van der Waals surface area contributed by atoms with Gasteiger partial charge in [-0.05, 0) is 30.2 Å². The van der Waals surface area contributed by atoms with Gasteiger partial charge < -0.3 is 10.3 Å². The molecule has 0 radical (unpaired) electrons. The number of sulfone groups is 1. The normalized spacial score (nSPS) is 12.2. The quantitative estimate of drug-likeness (QED) is 0.470. The zero-order valence-corrected chi connectivity index (χ0v) is 17.8. The van der Waals surface area contributed by atoms with Gasteiger partial charge in [0.1, 0.15) is 15.7 Å². The van der Waals surface area contributed by atoms with Crippen LogP contribution in [0.25, 0.3) is 22.1 Å². The Kier molecular flexibility index (Phi) is 5.20. The molecular weight excluding hydrogens is 404 g/mol. The molecule has 0 atom stereocenters. The van der Waals surface area contributed by atoms with E-state index in [0.29, 0.717) is 25.3 Å². The molecule has 0 saturated carbocycles. The van der Waals surface area contributed by atoms with E-state index in [2.05, 4.69) is 4.98 Å². The smallest absolute Gasteiger partial charge is 0.326 e. The molecule has 158 valence electrons. The van der Waals surface area contributed by atoms with Crippen LogP contribution < -0.4 is 11.4 Å². The lowest BCUT2D eigenvalue weighted by molar-refractivity contribution is 0.585. The van der Waals surface area contributed by atoms with E-state index in [-0.39, 0.29) is 18.0 Å². The third-order valence-corrected chi connectivity index (χ3v) is 6.30. The second-order valence-corrected chi connectivity index (χ2v) is 9.74. The van der Waals surface area contributed by atoms with Crippen molar-refractivity contribution in [1.82, 2.24) is 23.7 Å². The standard InChI is InChI=1S/C20H24N6O3S/c1-24-17-6-7-22-12-18(17)26(20(24)27)13-19-23-15-10-14(11-21)4-5-16(15)25(19)8-3-9-30(2,28)29/h4-7,10,12H,3,8-9,11,13,21H2,1-2H3. The molecule has 0 aliphatic carbocycles.